The maximum absolute atomic E-state index is 12.8. The van der Waals surface area contributed by atoms with Gasteiger partial charge in [-0.25, -0.2) is 4.68 Å². The second-order valence-electron chi connectivity index (χ2n) is 10.4. The van der Waals surface area contributed by atoms with E-state index < -0.39 is 6.04 Å². The largest absolute Gasteiger partial charge is 0.496 e. The van der Waals surface area contributed by atoms with E-state index in [2.05, 4.69) is 51.2 Å². The van der Waals surface area contributed by atoms with Crippen LogP contribution in [-0.4, -0.2) is 39.3 Å². The molecule has 5 rings (SSSR count). The number of benzene rings is 4. The van der Waals surface area contributed by atoms with Crippen LogP contribution in [0, 0.1) is 5.92 Å². The zero-order chi connectivity index (χ0) is 29.3. The van der Waals surface area contributed by atoms with Gasteiger partial charge in [-0.05, 0) is 44.7 Å². The van der Waals surface area contributed by atoms with Gasteiger partial charge in [0.15, 0.2) is 5.82 Å². The van der Waals surface area contributed by atoms with Gasteiger partial charge in [0.2, 0.25) is 0 Å². The number of hydrogen-bond donors (Lipinski definition) is 1. The lowest BCUT2D eigenvalue weighted by Crippen LogP contribution is -2.41. The number of ether oxygens (including phenoxy) is 2. The number of carbonyl (C=O) groups excluding carboxylic acids is 1. The van der Waals surface area contributed by atoms with E-state index in [-0.39, 0.29) is 18.5 Å². The Morgan fingerprint density at radius 1 is 0.833 bits per heavy atom. The Balaban J connectivity index is 1.28. The van der Waals surface area contributed by atoms with Gasteiger partial charge in [-0.3, -0.25) is 4.79 Å². The van der Waals surface area contributed by atoms with Gasteiger partial charge in [-0.15, -0.1) is 5.10 Å². The lowest BCUT2D eigenvalue weighted by atomic mass is 9.98. The normalized spacial score (nSPS) is 11.8. The average Bonchev–Trinajstić information content (AvgIpc) is 3.49. The van der Waals surface area contributed by atoms with Gasteiger partial charge in [0, 0.05) is 17.7 Å². The van der Waals surface area contributed by atoms with Crippen LogP contribution in [0.4, 0.5) is 0 Å². The standard InChI is InChI=1S/C34H35N5O3/c1-24(2)32(34(40)42-23-26-11-5-4-6-12-26)35-21-25-17-19-27(20-18-25)29-14-8-9-15-30(29)33-36-37-38-39(33)22-28-13-7-10-16-31(28)41-3/h4-20,24,32,35H,21-23H2,1-3H3/t32-/m0/s1. The van der Waals surface area contributed by atoms with Gasteiger partial charge < -0.3 is 14.8 Å². The highest BCUT2D eigenvalue weighted by molar-refractivity contribution is 5.80. The number of para-hydroxylation sites is 1. The fraction of sp³-hybridized carbons (Fsp3) is 0.235. The maximum Gasteiger partial charge on any atom is 0.323 e. The minimum absolute atomic E-state index is 0.0845. The van der Waals surface area contributed by atoms with Crippen molar-refractivity contribution in [3.05, 3.63) is 120 Å². The van der Waals surface area contributed by atoms with E-state index in [1.807, 2.05) is 86.6 Å². The van der Waals surface area contributed by atoms with Crippen molar-refractivity contribution >= 4 is 5.97 Å². The van der Waals surface area contributed by atoms with Gasteiger partial charge in [0.05, 0.1) is 13.7 Å². The zero-order valence-corrected chi connectivity index (χ0v) is 24.1. The van der Waals surface area contributed by atoms with Crippen molar-refractivity contribution in [2.75, 3.05) is 7.11 Å². The third-order valence-corrected chi connectivity index (χ3v) is 7.15. The molecule has 0 aliphatic carbocycles. The molecule has 42 heavy (non-hydrogen) atoms. The molecule has 214 valence electrons. The molecular weight excluding hydrogens is 526 g/mol. The van der Waals surface area contributed by atoms with E-state index in [9.17, 15) is 4.79 Å². The Morgan fingerprint density at radius 3 is 2.26 bits per heavy atom. The number of rotatable bonds is 12. The third kappa shape index (κ3) is 6.90. The molecule has 0 bridgehead atoms. The van der Waals surface area contributed by atoms with Crippen LogP contribution in [0.3, 0.4) is 0 Å². The Bertz CT molecular complexity index is 1600. The summed E-state index contributed by atoms with van der Waals surface area (Å²) in [5.41, 5.74) is 6.04. The summed E-state index contributed by atoms with van der Waals surface area (Å²) in [6.45, 7) is 5.32. The first-order chi connectivity index (χ1) is 20.5. The van der Waals surface area contributed by atoms with Gasteiger partial charge in [0.25, 0.3) is 0 Å². The van der Waals surface area contributed by atoms with Crippen LogP contribution < -0.4 is 10.1 Å². The minimum atomic E-state index is -0.406. The van der Waals surface area contributed by atoms with Gasteiger partial charge in [-0.1, -0.05) is 111 Å². The lowest BCUT2D eigenvalue weighted by Gasteiger charge is -2.21. The van der Waals surface area contributed by atoms with Crippen LogP contribution in [0.25, 0.3) is 22.5 Å². The molecule has 1 atom stereocenters. The molecular formula is C34H35N5O3. The van der Waals surface area contributed by atoms with Crippen molar-refractivity contribution in [3.63, 3.8) is 0 Å². The van der Waals surface area contributed by atoms with Crippen LogP contribution in [0.1, 0.15) is 30.5 Å². The minimum Gasteiger partial charge on any atom is -0.496 e. The summed E-state index contributed by atoms with van der Waals surface area (Å²) in [5.74, 6) is 1.31. The lowest BCUT2D eigenvalue weighted by molar-refractivity contribution is -0.148. The van der Waals surface area contributed by atoms with Crippen molar-refractivity contribution in [2.45, 2.75) is 39.6 Å². The molecule has 1 heterocycles. The molecule has 1 aromatic heterocycles. The van der Waals surface area contributed by atoms with Crippen molar-refractivity contribution in [1.29, 1.82) is 0 Å². The molecule has 0 saturated carbocycles. The molecule has 0 unspecified atom stereocenters. The molecule has 0 aliphatic heterocycles. The Labute approximate surface area is 246 Å². The highest BCUT2D eigenvalue weighted by atomic mass is 16.5. The third-order valence-electron chi connectivity index (χ3n) is 7.15. The zero-order valence-electron chi connectivity index (χ0n) is 24.1. The topological polar surface area (TPSA) is 91.2 Å². The summed E-state index contributed by atoms with van der Waals surface area (Å²) in [7, 11) is 1.66. The number of aromatic nitrogens is 4. The smallest absolute Gasteiger partial charge is 0.323 e. The molecule has 4 aromatic carbocycles. The molecule has 1 N–H and O–H groups in total. The summed E-state index contributed by atoms with van der Waals surface area (Å²) < 4.78 is 12.9. The molecule has 8 heteroatoms. The first-order valence-electron chi connectivity index (χ1n) is 14.0. The van der Waals surface area contributed by atoms with Crippen LogP contribution >= 0.6 is 0 Å². The number of nitrogens with one attached hydrogen (secondary N) is 1. The van der Waals surface area contributed by atoms with Gasteiger partial charge in [0.1, 0.15) is 18.4 Å². The number of nitrogens with zero attached hydrogens (tertiary/aromatic N) is 4. The van der Waals surface area contributed by atoms with E-state index in [0.717, 1.165) is 39.1 Å². The Hall–Kier alpha value is -4.82. The van der Waals surface area contributed by atoms with Crippen LogP contribution in [-0.2, 0) is 29.2 Å². The van der Waals surface area contributed by atoms with Gasteiger partial charge in [-0.2, -0.15) is 0 Å². The molecule has 0 spiro atoms. The monoisotopic (exact) mass is 561 g/mol. The number of esters is 1. The van der Waals surface area contributed by atoms with E-state index in [1.54, 1.807) is 11.8 Å². The summed E-state index contributed by atoms with van der Waals surface area (Å²) in [5, 5.41) is 16.0. The number of hydrogen-bond acceptors (Lipinski definition) is 7. The Kier molecular flexibility index (Phi) is 9.36. The van der Waals surface area contributed by atoms with Crippen molar-refractivity contribution < 1.29 is 14.3 Å². The van der Waals surface area contributed by atoms with Crippen molar-refractivity contribution in [2.24, 2.45) is 5.92 Å². The summed E-state index contributed by atoms with van der Waals surface area (Å²) in [6, 6.07) is 33.6. The first-order valence-corrected chi connectivity index (χ1v) is 14.0. The van der Waals surface area contributed by atoms with E-state index >= 15 is 0 Å². The predicted molar refractivity (Wildman–Crippen MR) is 162 cm³/mol. The van der Waals surface area contributed by atoms with E-state index in [0.29, 0.717) is 18.9 Å². The second kappa shape index (κ2) is 13.7. The molecule has 0 saturated heterocycles. The molecule has 0 radical (unpaired) electrons. The molecule has 0 aliphatic rings. The van der Waals surface area contributed by atoms with E-state index in [4.69, 9.17) is 9.47 Å². The predicted octanol–water partition coefficient (Wildman–Crippen LogP) is 5.92. The summed E-state index contributed by atoms with van der Waals surface area (Å²) >= 11 is 0. The molecule has 8 nitrogen and oxygen atoms in total. The quantitative estimate of drug-likeness (QED) is 0.189. The highest BCUT2D eigenvalue weighted by Crippen LogP contribution is 2.31. The molecule has 0 fully saturated rings. The van der Waals surface area contributed by atoms with E-state index in [1.165, 1.54) is 0 Å². The number of tetrazole rings is 1. The highest BCUT2D eigenvalue weighted by Gasteiger charge is 2.23. The van der Waals surface area contributed by atoms with Crippen LogP contribution in [0.15, 0.2) is 103 Å². The SMILES string of the molecule is COc1ccccc1Cn1nnnc1-c1ccccc1-c1ccc(CN[C@H](C(=O)OCc2ccccc2)C(C)C)cc1. The maximum atomic E-state index is 12.8. The average molecular weight is 562 g/mol. The van der Waals surface area contributed by atoms with Crippen molar-refractivity contribution in [3.8, 4) is 28.3 Å². The summed E-state index contributed by atoms with van der Waals surface area (Å²) in [4.78, 5) is 12.8. The van der Waals surface area contributed by atoms with Crippen molar-refractivity contribution in [1.82, 2.24) is 25.5 Å². The number of carbonyl (C=O) groups is 1. The Morgan fingerprint density at radius 2 is 1.52 bits per heavy atom. The fourth-order valence-electron chi connectivity index (χ4n) is 4.87. The molecule has 0 amide bonds. The van der Waals surface area contributed by atoms with Crippen LogP contribution in [0.5, 0.6) is 5.75 Å². The second-order valence-corrected chi connectivity index (χ2v) is 10.4. The van der Waals surface area contributed by atoms with Gasteiger partial charge >= 0.3 is 5.97 Å². The summed E-state index contributed by atoms with van der Waals surface area (Å²) in [6.07, 6.45) is 0. The first kappa shape index (κ1) is 28.7. The molecule has 5 aromatic rings. The fourth-order valence-corrected chi connectivity index (χ4v) is 4.87. The van der Waals surface area contributed by atoms with Crippen LogP contribution in [0.2, 0.25) is 0 Å². The number of methoxy groups -OCH3 is 1.